The van der Waals surface area contributed by atoms with Crippen LogP contribution in [0.4, 0.5) is 11.4 Å². The summed E-state index contributed by atoms with van der Waals surface area (Å²) < 4.78 is 0. The van der Waals surface area contributed by atoms with Gasteiger partial charge < -0.3 is 16.0 Å². The maximum absolute atomic E-state index is 5.98. The van der Waals surface area contributed by atoms with Crippen molar-refractivity contribution in [3.8, 4) is 0 Å². The van der Waals surface area contributed by atoms with Crippen molar-refractivity contribution in [3.63, 3.8) is 0 Å². The molecule has 15 heavy (non-hydrogen) atoms. The Morgan fingerprint density at radius 3 is 2.73 bits per heavy atom. The molecule has 1 aliphatic heterocycles. The summed E-state index contributed by atoms with van der Waals surface area (Å²) in [6.07, 6.45) is 0. The molecule has 0 atom stereocenters. The number of hydrogen-bond acceptors (Lipinski definition) is 3. The molecule has 3 nitrogen and oxygen atoms in total. The maximum atomic E-state index is 5.98. The Labute approximate surface area is 91.3 Å². The van der Waals surface area contributed by atoms with Gasteiger partial charge in [0.15, 0.2) is 0 Å². The van der Waals surface area contributed by atoms with E-state index in [1.165, 1.54) is 0 Å². The molecule has 1 aromatic rings. The monoisotopic (exact) mass is 205 g/mol. The summed E-state index contributed by atoms with van der Waals surface area (Å²) >= 11 is 0. The molecular formula is C12H19N3. The molecule has 0 unspecified atom stereocenters. The lowest BCUT2D eigenvalue weighted by atomic mass is 10.0. The molecule has 0 amide bonds. The van der Waals surface area contributed by atoms with E-state index in [-0.39, 0.29) is 5.54 Å². The molecule has 1 aromatic carbocycles. The van der Waals surface area contributed by atoms with E-state index >= 15 is 0 Å². The molecule has 0 saturated carbocycles. The van der Waals surface area contributed by atoms with E-state index in [2.05, 4.69) is 30.1 Å². The van der Waals surface area contributed by atoms with E-state index in [1.54, 1.807) is 0 Å². The van der Waals surface area contributed by atoms with Gasteiger partial charge in [0.1, 0.15) is 0 Å². The van der Waals surface area contributed by atoms with Crippen molar-refractivity contribution in [2.75, 3.05) is 30.3 Å². The van der Waals surface area contributed by atoms with E-state index in [1.807, 2.05) is 18.2 Å². The first kappa shape index (κ1) is 10.3. The zero-order valence-corrected chi connectivity index (χ0v) is 9.46. The van der Waals surface area contributed by atoms with Crippen molar-refractivity contribution in [3.05, 3.63) is 24.3 Å². The Hall–Kier alpha value is -1.22. The Morgan fingerprint density at radius 2 is 2.07 bits per heavy atom. The minimum atomic E-state index is 0.167. The van der Waals surface area contributed by atoms with Crippen LogP contribution in [-0.2, 0) is 0 Å². The molecule has 1 saturated heterocycles. The Bertz CT molecular complexity index is 346. The van der Waals surface area contributed by atoms with Crippen LogP contribution in [0.5, 0.6) is 0 Å². The fourth-order valence-electron chi connectivity index (χ4n) is 2.12. The highest BCUT2D eigenvalue weighted by molar-refractivity contribution is 5.67. The standard InChI is InChI=1S/C12H19N3/c1-12(2)9-15(8-7-14-12)11-6-4-3-5-10(11)13/h3-6,14H,7-9,13H2,1-2H3. The van der Waals surface area contributed by atoms with Crippen molar-refractivity contribution in [2.45, 2.75) is 19.4 Å². The number of benzene rings is 1. The third kappa shape index (κ3) is 2.23. The molecule has 3 heteroatoms. The largest absolute Gasteiger partial charge is 0.397 e. The van der Waals surface area contributed by atoms with Crippen LogP contribution in [0.1, 0.15) is 13.8 Å². The summed E-state index contributed by atoms with van der Waals surface area (Å²) in [5.74, 6) is 0. The van der Waals surface area contributed by atoms with Crippen LogP contribution in [0.15, 0.2) is 24.3 Å². The average molecular weight is 205 g/mol. The average Bonchev–Trinajstić information content (AvgIpc) is 2.17. The molecule has 0 radical (unpaired) electrons. The van der Waals surface area contributed by atoms with E-state index < -0.39 is 0 Å². The van der Waals surface area contributed by atoms with Crippen molar-refractivity contribution in [1.29, 1.82) is 0 Å². The zero-order valence-electron chi connectivity index (χ0n) is 9.46. The van der Waals surface area contributed by atoms with Crippen LogP contribution in [0, 0.1) is 0 Å². The predicted molar refractivity (Wildman–Crippen MR) is 65.1 cm³/mol. The highest BCUT2D eigenvalue weighted by atomic mass is 15.2. The SMILES string of the molecule is CC1(C)CN(c2ccccc2N)CCN1. The first-order valence-electron chi connectivity index (χ1n) is 5.43. The fourth-order valence-corrected chi connectivity index (χ4v) is 2.12. The number of para-hydroxylation sites is 2. The molecule has 0 aliphatic carbocycles. The molecule has 82 valence electrons. The van der Waals surface area contributed by atoms with Crippen molar-refractivity contribution < 1.29 is 0 Å². The Morgan fingerprint density at radius 1 is 1.33 bits per heavy atom. The van der Waals surface area contributed by atoms with Gasteiger partial charge in [-0.05, 0) is 26.0 Å². The highest BCUT2D eigenvalue weighted by Gasteiger charge is 2.26. The minimum absolute atomic E-state index is 0.167. The van der Waals surface area contributed by atoms with Gasteiger partial charge in [-0.15, -0.1) is 0 Å². The van der Waals surface area contributed by atoms with Gasteiger partial charge in [0.2, 0.25) is 0 Å². The maximum Gasteiger partial charge on any atom is 0.0601 e. The summed E-state index contributed by atoms with van der Waals surface area (Å²) in [6, 6.07) is 8.08. The number of hydrogen-bond donors (Lipinski definition) is 2. The molecule has 1 aliphatic rings. The van der Waals surface area contributed by atoms with Gasteiger partial charge in [-0.25, -0.2) is 0 Å². The first-order valence-corrected chi connectivity index (χ1v) is 5.43. The van der Waals surface area contributed by atoms with E-state index in [4.69, 9.17) is 5.73 Å². The number of nitrogens with zero attached hydrogens (tertiary/aromatic N) is 1. The van der Waals surface area contributed by atoms with Gasteiger partial charge in [-0.2, -0.15) is 0 Å². The Balaban J connectivity index is 2.21. The van der Waals surface area contributed by atoms with Gasteiger partial charge in [-0.3, -0.25) is 0 Å². The molecule has 2 rings (SSSR count). The van der Waals surface area contributed by atoms with Gasteiger partial charge in [0.05, 0.1) is 11.4 Å². The van der Waals surface area contributed by atoms with Crippen LogP contribution in [0.3, 0.4) is 0 Å². The van der Waals surface area contributed by atoms with E-state index in [0.717, 1.165) is 31.0 Å². The number of piperazine rings is 1. The van der Waals surface area contributed by atoms with Crippen LogP contribution in [0.25, 0.3) is 0 Å². The molecule has 3 N–H and O–H groups in total. The number of nitrogen functional groups attached to an aromatic ring is 1. The first-order chi connectivity index (χ1) is 7.08. The van der Waals surface area contributed by atoms with Gasteiger partial charge in [0, 0.05) is 25.2 Å². The summed E-state index contributed by atoms with van der Waals surface area (Å²) in [7, 11) is 0. The normalized spacial score (nSPS) is 20.3. The second-order valence-electron chi connectivity index (χ2n) is 4.79. The van der Waals surface area contributed by atoms with E-state index in [9.17, 15) is 0 Å². The van der Waals surface area contributed by atoms with Crippen LogP contribution >= 0.6 is 0 Å². The molecule has 0 bridgehead atoms. The Kier molecular flexibility index (Phi) is 2.57. The van der Waals surface area contributed by atoms with Crippen LogP contribution in [0.2, 0.25) is 0 Å². The molecular weight excluding hydrogens is 186 g/mol. The number of anilines is 2. The predicted octanol–water partition coefficient (Wildman–Crippen LogP) is 1.46. The van der Waals surface area contributed by atoms with Crippen LogP contribution < -0.4 is 16.0 Å². The zero-order chi connectivity index (χ0) is 10.9. The number of nitrogens with two attached hydrogens (primary N) is 1. The lowest BCUT2D eigenvalue weighted by Crippen LogP contribution is -2.57. The summed E-state index contributed by atoms with van der Waals surface area (Å²) in [5.41, 5.74) is 8.17. The van der Waals surface area contributed by atoms with E-state index in [0.29, 0.717) is 0 Å². The second-order valence-corrected chi connectivity index (χ2v) is 4.79. The minimum Gasteiger partial charge on any atom is -0.397 e. The lowest BCUT2D eigenvalue weighted by molar-refractivity contribution is 0.353. The fraction of sp³-hybridized carbons (Fsp3) is 0.500. The topological polar surface area (TPSA) is 41.3 Å². The summed E-state index contributed by atoms with van der Waals surface area (Å²) in [4.78, 5) is 2.35. The molecule has 0 aromatic heterocycles. The smallest absolute Gasteiger partial charge is 0.0601 e. The summed E-state index contributed by atoms with van der Waals surface area (Å²) in [6.45, 7) is 7.48. The van der Waals surface area contributed by atoms with Gasteiger partial charge >= 0.3 is 0 Å². The van der Waals surface area contributed by atoms with Gasteiger partial charge in [0.25, 0.3) is 0 Å². The second kappa shape index (κ2) is 3.74. The van der Waals surface area contributed by atoms with Crippen molar-refractivity contribution in [2.24, 2.45) is 0 Å². The molecule has 1 heterocycles. The van der Waals surface area contributed by atoms with Gasteiger partial charge in [-0.1, -0.05) is 12.1 Å². The molecule has 1 fully saturated rings. The summed E-state index contributed by atoms with van der Waals surface area (Å²) in [5, 5.41) is 3.50. The molecule has 0 spiro atoms. The third-order valence-electron chi connectivity index (χ3n) is 2.85. The van der Waals surface area contributed by atoms with Crippen molar-refractivity contribution >= 4 is 11.4 Å². The van der Waals surface area contributed by atoms with Crippen LogP contribution in [-0.4, -0.2) is 25.2 Å². The number of rotatable bonds is 1. The quantitative estimate of drug-likeness (QED) is 0.682. The number of nitrogens with one attached hydrogen (secondary N) is 1. The lowest BCUT2D eigenvalue weighted by Gasteiger charge is -2.40. The van der Waals surface area contributed by atoms with Crippen molar-refractivity contribution in [1.82, 2.24) is 5.32 Å². The third-order valence-corrected chi connectivity index (χ3v) is 2.85. The highest BCUT2D eigenvalue weighted by Crippen LogP contribution is 2.25.